The van der Waals surface area contributed by atoms with Crippen molar-refractivity contribution in [2.24, 2.45) is 11.0 Å². The number of amides is 1. The molecule has 0 unspecified atom stereocenters. The zero-order chi connectivity index (χ0) is 18.8. The summed E-state index contributed by atoms with van der Waals surface area (Å²) in [6, 6.07) is 2.77. The van der Waals surface area contributed by atoms with E-state index in [-0.39, 0.29) is 23.2 Å². The number of nitrogens with zero attached hydrogens (tertiary/aromatic N) is 4. The van der Waals surface area contributed by atoms with Crippen molar-refractivity contribution in [2.45, 2.75) is 19.5 Å². The summed E-state index contributed by atoms with van der Waals surface area (Å²) in [7, 11) is 1.45. The summed E-state index contributed by atoms with van der Waals surface area (Å²) in [6.45, 7) is 1.61. The molecule has 0 radical (unpaired) electrons. The van der Waals surface area contributed by atoms with Gasteiger partial charge in [0.15, 0.2) is 5.82 Å². The lowest BCUT2D eigenvalue weighted by atomic mass is 9.93. The molecule has 10 heteroatoms. The van der Waals surface area contributed by atoms with E-state index in [0.717, 1.165) is 6.07 Å². The monoisotopic (exact) mass is 371 g/mol. The van der Waals surface area contributed by atoms with Gasteiger partial charge in [-0.25, -0.2) is 4.98 Å². The van der Waals surface area contributed by atoms with Gasteiger partial charge in [0.25, 0.3) is 0 Å². The Morgan fingerprint density at radius 2 is 2.24 bits per heavy atom. The molecule has 1 aliphatic rings. The van der Waals surface area contributed by atoms with Crippen molar-refractivity contribution in [3.05, 3.63) is 34.1 Å². The van der Waals surface area contributed by atoms with Gasteiger partial charge in [0.1, 0.15) is 0 Å². The van der Waals surface area contributed by atoms with E-state index in [2.05, 4.69) is 15.4 Å². The Kier molecular flexibility index (Phi) is 5.33. The smallest absolute Gasteiger partial charge is 0.329 e. The van der Waals surface area contributed by atoms with Crippen molar-refractivity contribution in [1.29, 1.82) is 5.26 Å². The second kappa shape index (κ2) is 7.11. The predicted octanol–water partition coefficient (Wildman–Crippen LogP) is 3.11. The van der Waals surface area contributed by atoms with Gasteiger partial charge in [-0.05, 0) is 13.0 Å². The van der Waals surface area contributed by atoms with Crippen LogP contribution in [-0.2, 0) is 11.0 Å². The molecule has 1 amide bonds. The van der Waals surface area contributed by atoms with Gasteiger partial charge in [-0.1, -0.05) is 11.6 Å². The summed E-state index contributed by atoms with van der Waals surface area (Å²) in [5.74, 6) is -0.763. The molecule has 1 aliphatic heterocycles. The molecule has 1 aromatic heterocycles. The quantitative estimate of drug-likeness (QED) is 0.654. The van der Waals surface area contributed by atoms with Crippen LogP contribution in [-0.4, -0.2) is 24.2 Å². The molecule has 1 aromatic rings. The van der Waals surface area contributed by atoms with Gasteiger partial charge in [-0.2, -0.15) is 23.5 Å². The number of hydrogen-bond acceptors (Lipinski definition) is 5. The minimum Gasteiger partial charge on any atom is -0.329 e. The average molecular weight is 372 g/mol. The van der Waals surface area contributed by atoms with Crippen LogP contribution in [0.15, 0.2) is 28.6 Å². The van der Waals surface area contributed by atoms with Crippen LogP contribution in [0, 0.1) is 17.2 Å². The number of carbonyl (C=O) groups excluding carboxylic acids is 1. The molecule has 0 aliphatic carbocycles. The van der Waals surface area contributed by atoms with Crippen LogP contribution >= 0.6 is 11.6 Å². The largest absolute Gasteiger partial charge is 0.417 e. The van der Waals surface area contributed by atoms with E-state index in [1.165, 1.54) is 18.3 Å². The first-order valence-electron chi connectivity index (χ1n) is 7.04. The molecule has 1 N–H and O–H groups in total. The molecule has 25 heavy (non-hydrogen) atoms. The number of anilines is 1. The van der Waals surface area contributed by atoms with E-state index in [4.69, 9.17) is 11.6 Å². The molecule has 1 atom stereocenters. The normalized spacial score (nSPS) is 18.3. The molecule has 0 bridgehead atoms. The topological polar surface area (TPSA) is 81.4 Å². The van der Waals surface area contributed by atoms with Crippen molar-refractivity contribution in [3.63, 3.8) is 0 Å². The van der Waals surface area contributed by atoms with Gasteiger partial charge in [0.05, 0.1) is 22.2 Å². The fourth-order valence-electron chi connectivity index (χ4n) is 2.26. The number of nitriles is 1. The fraction of sp³-hybridized carbons (Fsp3) is 0.333. The lowest BCUT2D eigenvalue weighted by molar-refractivity contribution is -0.137. The number of halogens is 4. The number of nitrogens with one attached hydrogen (secondary N) is 1. The van der Waals surface area contributed by atoms with Crippen molar-refractivity contribution in [2.75, 3.05) is 12.1 Å². The van der Waals surface area contributed by atoms with Gasteiger partial charge in [-0.3, -0.25) is 9.80 Å². The maximum Gasteiger partial charge on any atom is 0.417 e. The molecular weight excluding hydrogens is 359 g/mol. The van der Waals surface area contributed by atoms with Crippen molar-refractivity contribution >= 4 is 29.5 Å². The molecule has 0 fully saturated rings. The Balaban J connectivity index is 2.23. The van der Waals surface area contributed by atoms with E-state index in [9.17, 15) is 23.2 Å². The lowest BCUT2D eigenvalue weighted by Gasteiger charge is -2.21. The number of carbonyl (C=O) groups is 1. The third-order valence-electron chi connectivity index (χ3n) is 3.50. The third kappa shape index (κ3) is 4.28. The van der Waals surface area contributed by atoms with Gasteiger partial charge in [0, 0.05) is 37.5 Å². The molecule has 2 heterocycles. The molecule has 0 saturated heterocycles. The Hall–Kier alpha value is -2.60. The molecular formula is C15H13ClF3N5O. The van der Waals surface area contributed by atoms with Gasteiger partial charge in [0.2, 0.25) is 5.91 Å². The highest BCUT2D eigenvalue weighted by Gasteiger charge is 2.32. The number of aromatic nitrogens is 1. The molecule has 6 nitrogen and oxygen atoms in total. The van der Waals surface area contributed by atoms with Crippen molar-refractivity contribution < 1.29 is 18.0 Å². The molecule has 2 rings (SSSR count). The predicted molar refractivity (Wildman–Crippen MR) is 85.7 cm³/mol. The highest BCUT2D eigenvalue weighted by atomic mass is 35.5. The fourth-order valence-corrected chi connectivity index (χ4v) is 2.55. The first-order chi connectivity index (χ1) is 11.6. The standard InChI is InChI=1S/C15H13ClF3N5O/c1-8-11(5-20)9(3-13(25)23-8)6-22-24(2)14-12(16)4-10(7-21-14)15(17,18)19/h4,6-7,9H,3H2,1-2H3,(H,23,25)/b22-6-/t9-/m1/s1. The molecule has 0 aromatic carbocycles. The first kappa shape index (κ1) is 18.7. The number of rotatable bonds is 3. The van der Waals surface area contributed by atoms with Crippen LogP contribution in [0.2, 0.25) is 5.02 Å². The van der Waals surface area contributed by atoms with E-state index >= 15 is 0 Å². The Bertz CT molecular complexity index is 797. The van der Waals surface area contributed by atoms with Gasteiger partial charge in [-0.15, -0.1) is 0 Å². The number of pyridine rings is 1. The van der Waals surface area contributed by atoms with Gasteiger partial charge >= 0.3 is 6.18 Å². The van der Waals surface area contributed by atoms with Crippen molar-refractivity contribution in [3.8, 4) is 6.07 Å². The van der Waals surface area contributed by atoms with E-state index < -0.39 is 17.7 Å². The van der Waals surface area contributed by atoms with Crippen LogP contribution in [0.3, 0.4) is 0 Å². The summed E-state index contributed by atoms with van der Waals surface area (Å²) >= 11 is 5.85. The SMILES string of the molecule is CC1=C(C#N)[C@@H](/C=N\N(C)c2ncc(C(F)(F)F)cc2Cl)CC(=O)N1. The summed E-state index contributed by atoms with van der Waals surface area (Å²) in [5, 5.41) is 16.8. The number of alkyl halides is 3. The van der Waals surface area contributed by atoms with Crippen LogP contribution in [0.25, 0.3) is 0 Å². The Labute approximate surface area is 146 Å². The highest BCUT2D eigenvalue weighted by Crippen LogP contribution is 2.33. The maximum absolute atomic E-state index is 12.6. The van der Waals surface area contributed by atoms with Crippen molar-refractivity contribution in [1.82, 2.24) is 10.3 Å². The maximum atomic E-state index is 12.6. The van der Waals surface area contributed by atoms with Crippen LogP contribution < -0.4 is 10.3 Å². The van der Waals surface area contributed by atoms with E-state index in [0.29, 0.717) is 17.5 Å². The second-order valence-electron chi connectivity index (χ2n) is 5.32. The summed E-state index contributed by atoms with van der Waals surface area (Å²) in [5.41, 5.74) is -0.153. The zero-order valence-electron chi connectivity index (χ0n) is 13.2. The molecule has 0 saturated carbocycles. The molecule has 0 spiro atoms. The second-order valence-corrected chi connectivity index (χ2v) is 5.73. The lowest BCUT2D eigenvalue weighted by Crippen LogP contribution is -2.32. The molecule has 132 valence electrons. The Morgan fingerprint density at radius 1 is 1.56 bits per heavy atom. The summed E-state index contributed by atoms with van der Waals surface area (Å²) in [6.07, 6.45) is -2.47. The average Bonchev–Trinajstić information content (AvgIpc) is 2.51. The minimum absolute atomic E-state index is 0.0189. The minimum atomic E-state index is -4.55. The van der Waals surface area contributed by atoms with Crippen LogP contribution in [0.4, 0.5) is 19.0 Å². The number of hydrogen-bond donors (Lipinski definition) is 1. The van der Waals surface area contributed by atoms with E-state index in [1.54, 1.807) is 6.92 Å². The van der Waals surface area contributed by atoms with Crippen LogP contribution in [0.1, 0.15) is 18.9 Å². The number of hydrazone groups is 1. The summed E-state index contributed by atoms with van der Waals surface area (Å²) in [4.78, 5) is 15.3. The number of allylic oxidation sites excluding steroid dienone is 2. The zero-order valence-corrected chi connectivity index (χ0v) is 14.0. The van der Waals surface area contributed by atoms with Gasteiger partial charge < -0.3 is 5.32 Å². The first-order valence-corrected chi connectivity index (χ1v) is 7.42. The van der Waals surface area contributed by atoms with E-state index in [1.807, 2.05) is 6.07 Å². The third-order valence-corrected chi connectivity index (χ3v) is 3.78. The van der Waals surface area contributed by atoms with Crippen LogP contribution in [0.5, 0.6) is 0 Å². The Morgan fingerprint density at radius 3 is 2.80 bits per heavy atom. The highest BCUT2D eigenvalue weighted by molar-refractivity contribution is 6.33. The summed E-state index contributed by atoms with van der Waals surface area (Å²) < 4.78 is 37.9.